The minimum Gasteiger partial charge on any atom is -0.326 e. The van der Waals surface area contributed by atoms with Crippen LogP contribution in [0.4, 0.5) is 5.95 Å². The molecule has 0 aliphatic rings. The third-order valence-corrected chi connectivity index (χ3v) is 5.64. The number of rotatable bonds is 4. The van der Waals surface area contributed by atoms with Crippen LogP contribution < -0.4 is 10.5 Å². The molecule has 3 N–H and O–H groups in total. The summed E-state index contributed by atoms with van der Waals surface area (Å²) < 4.78 is 28.5. The predicted molar refractivity (Wildman–Crippen MR) is 82.6 cm³/mol. The molecule has 3 aromatic rings. The summed E-state index contributed by atoms with van der Waals surface area (Å²) in [5.74, 6) is 0.0377. The van der Waals surface area contributed by atoms with Crippen molar-refractivity contribution in [3.63, 3.8) is 0 Å². The number of hydrogen-bond donors (Lipinski definition) is 2. The smallest absolute Gasteiger partial charge is 0.266 e. The molecule has 6 nitrogen and oxygen atoms in total. The third-order valence-electron chi connectivity index (χ3n) is 2.86. The second-order valence-electron chi connectivity index (χ2n) is 4.23. The lowest BCUT2D eigenvalue weighted by atomic mass is 10.2. The molecule has 0 bridgehead atoms. The topological polar surface area (TPSA) is 98.0 Å². The zero-order chi connectivity index (χ0) is 14.9. The molecule has 21 heavy (non-hydrogen) atoms. The van der Waals surface area contributed by atoms with Crippen LogP contribution in [0.3, 0.4) is 0 Å². The van der Waals surface area contributed by atoms with Crippen LogP contribution in [-0.4, -0.2) is 18.4 Å². The number of nitrogens with one attached hydrogen (secondary N) is 1. The van der Waals surface area contributed by atoms with Crippen LogP contribution in [0.15, 0.2) is 47.6 Å². The number of hydrogen-bond acceptors (Lipinski definition) is 6. The molecule has 1 aromatic carbocycles. The molecule has 0 aliphatic heterocycles. The highest BCUT2D eigenvalue weighted by atomic mass is 32.2. The van der Waals surface area contributed by atoms with Gasteiger partial charge in [-0.15, -0.1) is 11.3 Å². The summed E-state index contributed by atoms with van der Waals surface area (Å²) in [4.78, 5) is 8.58. The van der Waals surface area contributed by atoms with Gasteiger partial charge >= 0.3 is 0 Å². The first-order valence-corrected chi connectivity index (χ1v) is 8.42. The zero-order valence-corrected chi connectivity index (χ0v) is 12.5. The van der Waals surface area contributed by atoms with Gasteiger partial charge in [0.05, 0.1) is 0 Å². The lowest BCUT2D eigenvalue weighted by Crippen LogP contribution is -2.16. The lowest BCUT2D eigenvalue weighted by molar-refractivity contribution is 0.601. The molecule has 108 valence electrons. The summed E-state index contributed by atoms with van der Waals surface area (Å²) in [7, 11) is -3.78. The van der Waals surface area contributed by atoms with E-state index in [0.717, 1.165) is 4.70 Å². The fraction of sp³-hybridized carbons (Fsp3) is 0.0769. The largest absolute Gasteiger partial charge is 0.326 e. The van der Waals surface area contributed by atoms with E-state index in [1.165, 1.54) is 23.7 Å². The minimum absolute atomic E-state index is 0.0377. The number of anilines is 1. The molecule has 0 radical (unpaired) electrons. The van der Waals surface area contributed by atoms with Gasteiger partial charge in [-0.05, 0) is 12.1 Å². The van der Waals surface area contributed by atoms with Crippen LogP contribution in [0.5, 0.6) is 0 Å². The minimum atomic E-state index is -3.78. The van der Waals surface area contributed by atoms with Crippen LogP contribution in [0.25, 0.3) is 10.1 Å². The fourth-order valence-corrected chi connectivity index (χ4v) is 4.82. The lowest BCUT2D eigenvalue weighted by Gasteiger charge is -2.07. The predicted octanol–water partition coefficient (Wildman–Crippen LogP) is 1.95. The molecule has 2 aromatic heterocycles. The van der Waals surface area contributed by atoms with E-state index in [4.69, 9.17) is 5.73 Å². The summed E-state index contributed by atoms with van der Waals surface area (Å²) in [5.41, 5.74) is 5.69. The molecule has 0 saturated heterocycles. The number of benzene rings is 1. The summed E-state index contributed by atoms with van der Waals surface area (Å²) in [6, 6.07) is 8.92. The first-order chi connectivity index (χ1) is 10.1. The van der Waals surface area contributed by atoms with Gasteiger partial charge in [-0.25, -0.2) is 23.1 Å². The van der Waals surface area contributed by atoms with Gasteiger partial charge in [-0.2, -0.15) is 0 Å². The molecule has 0 amide bonds. The average Bonchev–Trinajstić information content (AvgIpc) is 2.87. The molecule has 0 fully saturated rings. The van der Waals surface area contributed by atoms with Crippen LogP contribution in [0.1, 0.15) is 4.88 Å². The van der Waals surface area contributed by atoms with E-state index < -0.39 is 10.0 Å². The van der Waals surface area contributed by atoms with Crippen molar-refractivity contribution >= 4 is 37.4 Å². The Morgan fingerprint density at radius 3 is 2.57 bits per heavy atom. The maximum Gasteiger partial charge on any atom is 0.266 e. The second-order valence-corrected chi connectivity index (χ2v) is 6.99. The average molecular weight is 320 g/mol. The summed E-state index contributed by atoms with van der Waals surface area (Å²) >= 11 is 1.38. The molecule has 3 rings (SSSR count). The molecule has 0 saturated carbocycles. The van der Waals surface area contributed by atoms with Crippen molar-refractivity contribution in [3.8, 4) is 0 Å². The van der Waals surface area contributed by atoms with Gasteiger partial charge in [0, 0.05) is 33.9 Å². The van der Waals surface area contributed by atoms with Crippen LogP contribution in [0.2, 0.25) is 0 Å². The van der Waals surface area contributed by atoms with Crippen LogP contribution in [0, 0.1) is 0 Å². The van der Waals surface area contributed by atoms with E-state index in [2.05, 4.69) is 14.7 Å². The Labute approximate surface area is 125 Å². The van der Waals surface area contributed by atoms with Gasteiger partial charge in [0.15, 0.2) is 0 Å². The Bertz CT molecular complexity index is 876. The van der Waals surface area contributed by atoms with E-state index in [1.807, 2.05) is 12.1 Å². The molecule has 0 spiro atoms. The van der Waals surface area contributed by atoms with E-state index in [0.29, 0.717) is 10.3 Å². The molecule has 0 atom stereocenters. The first kappa shape index (κ1) is 13.9. The van der Waals surface area contributed by atoms with Gasteiger partial charge in [0.1, 0.15) is 4.90 Å². The highest BCUT2D eigenvalue weighted by molar-refractivity contribution is 7.93. The van der Waals surface area contributed by atoms with Crippen molar-refractivity contribution in [1.29, 1.82) is 0 Å². The van der Waals surface area contributed by atoms with Gasteiger partial charge in [0.25, 0.3) is 10.0 Å². The number of sulfonamides is 1. The van der Waals surface area contributed by atoms with Crippen molar-refractivity contribution in [2.45, 2.75) is 11.4 Å². The first-order valence-electron chi connectivity index (χ1n) is 6.12. The molecule has 2 heterocycles. The molecular formula is C13H12N4O2S2. The van der Waals surface area contributed by atoms with Gasteiger partial charge in [-0.3, -0.25) is 0 Å². The van der Waals surface area contributed by atoms with E-state index in [1.54, 1.807) is 18.2 Å². The number of aromatic nitrogens is 2. The third kappa shape index (κ3) is 2.60. The molecule has 0 aliphatic carbocycles. The highest BCUT2D eigenvalue weighted by Gasteiger charge is 2.24. The molecule has 0 unspecified atom stereocenters. The van der Waals surface area contributed by atoms with E-state index in [9.17, 15) is 8.42 Å². The van der Waals surface area contributed by atoms with Crippen molar-refractivity contribution < 1.29 is 8.42 Å². The van der Waals surface area contributed by atoms with E-state index >= 15 is 0 Å². The summed E-state index contributed by atoms with van der Waals surface area (Å²) in [6.07, 6.45) is 2.95. The van der Waals surface area contributed by atoms with Crippen molar-refractivity contribution in [2.24, 2.45) is 5.73 Å². The maximum atomic E-state index is 12.6. The highest BCUT2D eigenvalue weighted by Crippen LogP contribution is 2.34. The second kappa shape index (κ2) is 5.40. The number of thiophene rings is 1. The quantitative estimate of drug-likeness (QED) is 0.765. The van der Waals surface area contributed by atoms with Crippen LogP contribution in [-0.2, 0) is 16.6 Å². The SMILES string of the molecule is NCc1sc2ccccc2c1S(=O)(=O)Nc1ncccn1. The van der Waals surface area contributed by atoms with Gasteiger partial charge in [0.2, 0.25) is 5.95 Å². The van der Waals surface area contributed by atoms with Crippen LogP contribution >= 0.6 is 11.3 Å². The summed E-state index contributed by atoms with van der Waals surface area (Å²) in [5, 5.41) is 0.659. The van der Waals surface area contributed by atoms with E-state index in [-0.39, 0.29) is 17.4 Å². The Morgan fingerprint density at radius 1 is 1.14 bits per heavy atom. The van der Waals surface area contributed by atoms with Gasteiger partial charge < -0.3 is 5.73 Å². The Morgan fingerprint density at radius 2 is 1.86 bits per heavy atom. The summed E-state index contributed by atoms with van der Waals surface area (Å²) in [6.45, 7) is 0.158. The zero-order valence-electron chi connectivity index (χ0n) is 10.9. The van der Waals surface area contributed by atoms with Crippen molar-refractivity contribution in [1.82, 2.24) is 9.97 Å². The fourth-order valence-electron chi connectivity index (χ4n) is 2.02. The maximum absolute atomic E-state index is 12.6. The number of fused-ring (bicyclic) bond motifs is 1. The Kier molecular flexibility index (Phi) is 3.58. The van der Waals surface area contributed by atoms with Crippen molar-refractivity contribution in [2.75, 3.05) is 4.72 Å². The Balaban J connectivity index is 2.14. The molecule has 8 heteroatoms. The molecular weight excluding hydrogens is 308 g/mol. The van der Waals surface area contributed by atoms with Crippen molar-refractivity contribution in [3.05, 3.63) is 47.6 Å². The normalized spacial score (nSPS) is 11.7. The standard InChI is InChI=1S/C13H12N4O2S2/c14-8-11-12(9-4-1-2-5-10(9)20-11)21(18,19)17-13-15-6-3-7-16-13/h1-7H,8,14H2,(H,15,16,17). The Hall–Kier alpha value is -2.03. The van der Waals surface area contributed by atoms with Gasteiger partial charge in [-0.1, -0.05) is 18.2 Å². The number of nitrogens with two attached hydrogens (primary N) is 1. The monoisotopic (exact) mass is 320 g/mol. The number of nitrogens with zero attached hydrogens (tertiary/aromatic N) is 2.